The molecule has 2 atom stereocenters. The summed E-state index contributed by atoms with van der Waals surface area (Å²) in [4.78, 5) is 4.95. The fraction of sp³-hybridized carbons (Fsp3) is 0.483. The minimum atomic E-state index is -0.410. The van der Waals surface area contributed by atoms with Gasteiger partial charge in [0.15, 0.2) is 0 Å². The second-order valence-corrected chi connectivity index (χ2v) is 10.4. The first-order chi connectivity index (χ1) is 14.7. The van der Waals surface area contributed by atoms with Crippen LogP contribution in [0.1, 0.15) is 67.5 Å². The van der Waals surface area contributed by atoms with E-state index in [0.717, 1.165) is 16.8 Å². The van der Waals surface area contributed by atoms with Crippen LogP contribution >= 0.6 is 0 Å². The molecule has 3 rings (SSSR count). The van der Waals surface area contributed by atoms with E-state index in [9.17, 15) is 5.11 Å². The van der Waals surface area contributed by atoms with Gasteiger partial charge in [-0.25, -0.2) is 0 Å². The van der Waals surface area contributed by atoms with Crippen molar-refractivity contribution >= 4 is 10.9 Å². The van der Waals surface area contributed by atoms with Gasteiger partial charge in [0.1, 0.15) is 0 Å². The van der Waals surface area contributed by atoms with Gasteiger partial charge in [0.2, 0.25) is 0 Å². The summed E-state index contributed by atoms with van der Waals surface area (Å²) in [5.74, 6) is 0. The SMILES string of the molecule is CC(O)CC(O)C(C)(C)C.Cc1cc(C)c2cc(C)c(-c3[c-]c(C)c(C)c(C)c3)nc2c1.[Ir]. The number of pyridine rings is 1. The number of aliphatic hydroxyl groups excluding tert-OH is 2. The molecule has 1 heterocycles. The van der Waals surface area contributed by atoms with Crippen molar-refractivity contribution < 1.29 is 30.3 Å². The summed E-state index contributed by atoms with van der Waals surface area (Å²) in [5, 5.41) is 19.6. The third-order valence-electron chi connectivity index (χ3n) is 6.13. The van der Waals surface area contributed by atoms with Gasteiger partial charge < -0.3 is 10.2 Å². The summed E-state index contributed by atoms with van der Waals surface area (Å²) < 4.78 is 0. The van der Waals surface area contributed by atoms with Crippen molar-refractivity contribution in [2.24, 2.45) is 5.41 Å². The predicted octanol–water partition coefficient (Wildman–Crippen LogP) is 6.71. The average Bonchev–Trinajstić information content (AvgIpc) is 2.65. The van der Waals surface area contributed by atoms with E-state index in [0.29, 0.717) is 6.42 Å². The maximum atomic E-state index is 9.40. The molecule has 183 valence electrons. The molecule has 1 radical (unpaired) electrons. The third kappa shape index (κ3) is 7.72. The molecule has 0 aliphatic rings. The Morgan fingerprint density at radius 3 is 1.97 bits per heavy atom. The summed E-state index contributed by atoms with van der Waals surface area (Å²) in [7, 11) is 0. The van der Waals surface area contributed by atoms with Crippen molar-refractivity contribution in [1.29, 1.82) is 0 Å². The van der Waals surface area contributed by atoms with Crippen molar-refractivity contribution in [1.82, 2.24) is 4.98 Å². The van der Waals surface area contributed by atoms with Crippen molar-refractivity contribution in [3.63, 3.8) is 0 Å². The maximum Gasteiger partial charge on any atom is 0.0613 e. The second kappa shape index (κ2) is 11.7. The van der Waals surface area contributed by atoms with Crippen molar-refractivity contribution in [3.05, 3.63) is 63.7 Å². The minimum absolute atomic E-state index is 0. The molecule has 3 aromatic rings. The third-order valence-corrected chi connectivity index (χ3v) is 6.13. The van der Waals surface area contributed by atoms with Gasteiger partial charge in [-0.1, -0.05) is 59.2 Å². The van der Waals surface area contributed by atoms with Gasteiger partial charge in [-0.2, -0.15) is 0 Å². The zero-order valence-electron chi connectivity index (χ0n) is 21.8. The Hall–Kier alpha value is -1.58. The van der Waals surface area contributed by atoms with Crippen LogP contribution in [0.5, 0.6) is 0 Å². The zero-order chi connectivity index (χ0) is 24.4. The van der Waals surface area contributed by atoms with Gasteiger partial charge in [-0.15, -0.1) is 34.4 Å². The Balaban J connectivity index is 0.000000425. The summed E-state index contributed by atoms with van der Waals surface area (Å²) >= 11 is 0. The van der Waals surface area contributed by atoms with Crippen LogP contribution in [0, 0.1) is 53.0 Å². The number of aromatic nitrogens is 1. The molecule has 1 aromatic heterocycles. The minimum Gasteiger partial charge on any atom is -0.393 e. The Bertz CT molecular complexity index is 1070. The number of aliphatic hydroxyl groups is 2. The fourth-order valence-electron chi connectivity index (χ4n) is 3.76. The van der Waals surface area contributed by atoms with E-state index in [2.05, 4.69) is 71.9 Å². The van der Waals surface area contributed by atoms with Gasteiger partial charge in [0, 0.05) is 25.5 Å². The van der Waals surface area contributed by atoms with E-state index in [1.807, 2.05) is 20.8 Å². The molecule has 2 aromatic carbocycles. The number of benzene rings is 2. The molecule has 0 fully saturated rings. The van der Waals surface area contributed by atoms with Crippen LogP contribution in [0.15, 0.2) is 24.3 Å². The number of hydrogen-bond acceptors (Lipinski definition) is 3. The predicted molar refractivity (Wildman–Crippen MR) is 136 cm³/mol. The monoisotopic (exact) mass is 627 g/mol. The summed E-state index contributed by atoms with van der Waals surface area (Å²) in [5.41, 5.74) is 10.7. The molecule has 0 spiro atoms. The van der Waals surface area contributed by atoms with Gasteiger partial charge in [0.25, 0.3) is 0 Å². The first-order valence-corrected chi connectivity index (χ1v) is 11.5. The number of nitrogens with zero attached hydrogens (tertiary/aromatic N) is 1. The van der Waals surface area contributed by atoms with Gasteiger partial charge in [-0.05, 0) is 62.4 Å². The average molecular weight is 627 g/mol. The molecule has 0 bridgehead atoms. The van der Waals surface area contributed by atoms with Crippen LogP contribution in [0.2, 0.25) is 0 Å². The molecule has 3 nitrogen and oxygen atoms in total. The number of hydrogen-bond donors (Lipinski definition) is 2. The first kappa shape index (κ1) is 29.5. The van der Waals surface area contributed by atoms with Crippen molar-refractivity contribution in [3.8, 4) is 11.3 Å². The molecule has 0 amide bonds. The van der Waals surface area contributed by atoms with Crippen LogP contribution in [-0.4, -0.2) is 27.4 Å². The molecule has 0 saturated carbocycles. The molecule has 0 aliphatic heterocycles. The molecule has 2 unspecified atom stereocenters. The van der Waals surface area contributed by atoms with Crippen molar-refractivity contribution in [2.75, 3.05) is 0 Å². The van der Waals surface area contributed by atoms with E-state index in [-0.39, 0.29) is 25.5 Å². The van der Waals surface area contributed by atoms with E-state index >= 15 is 0 Å². The maximum absolute atomic E-state index is 9.40. The Morgan fingerprint density at radius 1 is 0.879 bits per heavy atom. The normalized spacial score (nSPS) is 13.1. The number of aryl methyl sites for hydroxylation is 5. The van der Waals surface area contributed by atoms with E-state index in [4.69, 9.17) is 10.1 Å². The van der Waals surface area contributed by atoms with Crippen LogP contribution in [0.3, 0.4) is 0 Å². The molecule has 2 N–H and O–H groups in total. The quantitative estimate of drug-likeness (QED) is 0.318. The van der Waals surface area contributed by atoms with Crippen LogP contribution in [0.4, 0.5) is 0 Å². The number of fused-ring (bicyclic) bond motifs is 1. The Morgan fingerprint density at radius 2 is 1.48 bits per heavy atom. The van der Waals surface area contributed by atoms with Gasteiger partial charge >= 0.3 is 0 Å². The largest absolute Gasteiger partial charge is 0.393 e. The summed E-state index contributed by atoms with van der Waals surface area (Å²) in [6.07, 6.45) is -0.356. The standard InChI is InChI=1S/C21H22N.C8H18O2.Ir/c1-12-7-15(4)19-11-16(5)21(22-20(19)8-12)18-9-13(2)17(6)14(3)10-18;1-6(9)5-7(10)8(2,3)4;/h7-9,11H,1-6H3;6-7,9-10H,5H2,1-4H3;/q-1;;. The zero-order valence-corrected chi connectivity index (χ0v) is 24.2. The van der Waals surface area contributed by atoms with Gasteiger partial charge in [-0.3, -0.25) is 4.98 Å². The molecular weight excluding hydrogens is 587 g/mol. The number of rotatable bonds is 3. The molecule has 4 heteroatoms. The summed E-state index contributed by atoms with van der Waals surface area (Å²) in [6.45, 7) is 20.4. The topological polar surface area (TPSA) is 53.4 Å². The molecular formula is C29H40IrNO2-. The smallest absolute Gasteiger partial charge is 0.0613 e. The van der Waals surface area contributed by atoms with Crippen LogP contribution in [-0.2, 0) is 20.1 Å². The van der Waals surface area contributed by atoms with Gasteiger partial charge in [0.05, 0.1) is 17.7 Å². The molecule has 33 heavy (non-hydrogen) atoms. The van der Waals surface area contributed by atoms with E-state index in [1.54, 1.807) is 6.92 Å². The Labute approximate surface area is 214 Å². The van der Waals surface area contributed by atoms with Crippen LogP contribution in [0.25, 0.3) is 22.2 Å². The summed E-state index contributed by atoms with van der Waals surface area (Å²) in [6, 6.07) is 12.3. The molecule has 0 saturated heterocycles. The van der Waals surface area contributed by atoms with E-state index < -0.39 is 12.2 Å². The molecule has 0 aliphatic carbocycles. The van der Waals surface area contributed by atoms with Crippen LogP contribution < -0.4 is 0 Å². The Kier molecular flexibility index (Phi) is 10.4. The van der Waals surface area contributed by atoms with E-state index in [1.165, 1.54) is 38.8 Å². The fourth-order valence-corrected chi connectivity index (χ4v) is 3.76. The van der Waals surface area contributed by atoms with Crippen molar-refractivity contribution in [2.45, 2.75) is 87.9 Å². The second-order valence-electron chi connectivity index (χ2n) is 10.4. The first-order valence-electron chi connectivity index (χ1n) is 11.5.